The first-order valence-corrected chi connectivity index (χ1v) is 6.81. The van der Waals surface area contributed by atoms with Crippen molar-refractivity contribution in [3.8, 4) is 0 Å². The summed E-state index contributed by atoms with van der Waals surface area (Å²) >= 11 is 0. The summed E-state index contributed by atoms with van der Waals surface area (Å²) in [6.45, 7) is 3.90. The fourth-order valence-corrected chi connectivity index (χ4v) is 1.83. The van der Waals surface area contributed by atoms with Gasteiger partial charge in [-0.05, 0) is 37.1 Å². The molecule has 1 aromatic carbocycles. The van der Waals surface area contributed by atoms with Crippen molar-refractivity contribution >= 4 is 11.9 Å². The van der Waals surface area contributed by atoms with E-state index in [-0.39, 0.29) is 36.8 Å². The second-order valence-electron chi connectivity index (χ2n) is 5.07. The van der Waals surface area contributed by atoms with Crippen LogP contribution in [0.25, 0.3) is 0 Å². The largest absolute Gasteiger partial charge is 0.359 e. The van der Waals surface area contributed by atoms with Crippen LogP contribution >= 0.6 is 0 Å². The fraction of sp³-hybridized carbons (Fsp3) is 0.467. The highest BCUT2D eigenvalue weighted by Crippen LogP contribution is 2.10. The fourth-order valence-electron chi connectivity index (χ4n) is 1.83. The summed E-state index contributed by atoms with van der Waals surface area (Å²) in [5, 5.41) is 5.25. The number of urea groups is 1. The summed E-state index contributed by atoms with van der Waals surface area (Å²) < 4.78 is 13.2. The van der Waals surface area contributed by atoms with Crippen molar-refractivity contribution in [3.63, 3.8) is 0 Å². The number of rotatable bonds is 5. The smallest absolute Gasteiger partial charge is 0.317 e. The number of carbonyl (C=O) groups excluding carboxylic acids is 2. The van der Waals surface area contributed by atoms with Crippen LogP contribution < -0.4 is 10.6 Å². The zero-order valence-electron chi connectivity index (χ0n) is 12.9. The molecule has 2 N–H and O–H groups in total. The molecule has 116 valence electrons. The number of hydrogen-bond donors (Lipinski definition) is 2. The lowest BCUT2D eigenvalue weighted by Gasteiger charge is -2.24. The zero-order valence-corrected chi connectivity index (χ0v) is 12.9. The van der Waals surface area contributed by atoms with Gasteiger partial charge in [0.15, 0.2) is 0 Å². The molecule has 0 saturated carbocycles. The van der Waals surface area contributed by atoms with Gasteiger partial charge in [0.05, 0.1) is 0 Å². The molecule has 0 radical (unpaired) electrons. The van der Waals surface area contributed by atoms with Gasteiger partial charge < -0.3 is 15.5 Å². The van der Waals surface area contributed by atoms with E-state index in [1.54, 1.807) is 27.1 Å². The first kappa shape index (κ1) is 16.9. The molecular formula is C15H22FN3O2. The van der Waals surface area contributed by atoms with E-state index in [1.807, 2.05) is 6.92 Å². The predicted octanol–water partition coefficient (Wildman–Crippen LogP) is 1.80. The van der Waals surface area contributed by atoms with Crippen LogP contribution in [-0.2, 0) is 11.3 Å². The number of amides is 3. The highest BCUT2D eigenvalue weighted by Gasteiger charge is 2.18. The van der Waals surface area contributed by atoms with Crippen molar-refractivity contribution in [1.82, 2.24) is 15.5 Å². The van der Waals surface area contributed by atoms with Crippen molar-refractivity contribution in [2.75, 3.05) is 14.1 Å². The quantitative estimate of drug-likeness (QED) is 0.870. The molecule has 0 heterocycles. The third kappa shape index (κ3) is 5.06. The number of nitrogens with zero attached hydrogens (tertiary/aromatic N) is 1. The normalized spacial score (nSPS) is 11.7. The Balaban J connectivity index is 2.56. The number of nitrogens with one attached hydrogen (secondary N) is 2. The van der Waals surface area contributed by atoms with Crippen LogP contribution in [0.1, 0.15) is 24.5 Å². The zero-order chi connectivity index (χ0) is 16.0. The standard InChI is InChI=1S/C15H22FN3O2/c1-10-5-6-13(16)8-12(10)9-18-15(21)19(4)11(2)7-14(20)17-3/h5-6,8,11H,7,9H2,1-4H3,(H,17,20)(H,18,21)/t11-/m0/s1. The van der Waals surface area contributed by atoms with Crippen LogP contribution in [-0.4, -0.2) is 37.0 Å². The molecule has 1 atom stereocenters. The average Bonchev–Trinajstić information content (AvgIpc) is 2.46. The van der Waals surface area contributed by atoms with Gasteiger partial charge in [-0.2, -0.15) is 0 Å². The minimum absolute atomic E-state index is 0.122. The van der Waals surface area contributed by atoms with Gasteiger partial charge in [0.1, 0.15) is 5.82 Å². The van der Waals surface area contributed by atoms with Gasteiger partial charge >= 0.3 is 6.03 Å². The molecule has 6 heteroatoms. The number of carbonyl (C=O) groups is 2. The van der Waals surface area contributed by atoms with Crippen LogP contribution in [0.3, 0.4) is 0 Å². The van der Waals surface area contributed by atoms with Crippen LogP contribution in [0.5, 0.6) is 0 Å². The highest BCUT2D eigenvalue weighted by molar-refractivity contribution is 5.78. The summed E-state index contributed by atoms with van der Waals surface area (Å²) in [4.78, 5) is 24.8. The van der Waals surface area contributed by atoms with Crippen molar-refractivity contribution < 1.29 is 14.0 Å². The Morgan fingerprint density at radius 2 is 2.05 bits per heavy atom. The third-order valence-electron chi connectivity index (χ3n) is 3.48. The monoisotopic (exact) mass is 295 g/mol. The van der Waals surface area contributed by atoms with E-state index in [1.165, 1.54) is 17.0 Å². The molecule has 3 amide bonds. The SMILES string of the molecule is CNC(=O)C[C@H](C)N(C)C(=O)NCc1cc(F)ccc1C. The molecule has 0 aliphatic rings. The van der Waals surface area contributed by atoms with Gasteiger partial charge in [0.2, 0.25) is 5.91 Å². The molecule has 0 fully saturated rings. The number of benzene rings is 1. The minimum Gasteiger partial charge on any atom is -0.359 e. The second-order valence-corrected chi connectivity index (χ2v) is 5.07. The summed E-state index contributed by atoms with van der Waals surface area (Å²) in [6, 6.07) is 3.95. The Kier molecular flexibility index (Phi) is 6.14. The summed E-state index contributed by atoms with van der Waals surface area (Å²) in [5.74, 6) is -0.450. The van der Waals surface area contributed by atoms with Crippen LogP contribution in [0.4, 0.5) is 9.18 Å². The minimum atomic E-state index is -0.328. The van der Waals surface area contributed by atoms with Gasteiger partial charge in [-0.25, -0.2) is 9.18 Å². The molecule has 5 nitrogen and oxygen atoms in total. The molecule has 0 aliphatic carbocycles. The topological polar surface area (TPSA) is 61.4 Å². The molecule has 1 rings (SSSR count). The maximum atomic E-state index is 13.2. The van der Waals surface area contributed by atoms with E-state index < -0.39 is 0 Å². The second kappa shape index (κ2) is 7.61. The van der Waals surface area contributed by atoms with E-state index in [4.69, 9.17) is 0 Å². The van der Waals surface area contributed by atoms with E-state index >= 15 is 0 Å². The van der Waals surface area contributed by atoms with Gasteiger partial charge in [0.25, 0.3) is 0 Å². The molecule has 21 heavy (non-hydrogen) atoms. The van der Waals surface area contributed by atoms with Gasteiger partial charge in [-0.1, -0.05) is 6.07 Å². The Morgan fingerprint density at radius 1 is 1.38 bits per heavy atom. The first-order chi connectivity index (χ1) is 9.85. The summed E-state index contributed by atoms with van der Waals surface area (Å²) in [5.41, 5.74) is 1.65. The molecule has 0 aromatic heterocycles. The van der Waals surface area contributed by atoms with E-state index in [9.17, 15) is 14.0 Å². The van der Waals surface area contributed by atoms with Crippen LogP contribution in [0.2, 0.25) is 0 Å². The average molecular weight is 295 g/mol. The molecule has 0 aliphatic heterocycles. The Morgan fingerprint density at radius 3 is 2.67 bits per heavy atom. The van der Waals surface area contributed by atoms with E-state index in [0.717, 1.165) is 11.1 Å². The molecular weight excluding hydrogens is 273 g/mol. The Hall–Kier alpha value is -2.11. The van der Waals surface area contributed by atoms with E-state index in [2.05, 4.69) is 10.6 Å². The van der Waals surface area contributed by atoms with Gasteiger partial charge in [-0.3, -0.25) is 4.79 Å². The number of halogens is 1. The maximum Gasteiger partial charge on any atom is 0.317 e. The maximum absolute atomic E-state index is 13.2. The molecule has 0 saturated heterocycles. The molecule has 0 bridgehead atoms. The van der Waals surface area contributed by atoms with Gasteiger partial charge in [-0.15, -0.1) is 0 Å². The van der Waals surface area contributed by atoms with Crippen molar-refractivity contribution in [2.24, 2.45) is 0 Å². The van der Waals surface area contributed by atoms with Gasteiger partial charge in [0, 0.05) is 33.1 Å². The number of aryl methyl sites for hydroxylation is 1. The lowest BCUT2D eigenvalue weighted by atomic mass is 10.1. The highest BCUT2D eigenvalue weighted by atomic mass is 19.1. The first-order valence-electron chi connectivity index (χ1n) is 6.81. The lowest BCUT2D eigenvalue weighted by Crippen LogP contribution is -2.43. The van der Waals surface area contributed by atoms with Crippen molar-refractivity contribution in [1.29, 1.82) is 0 Å². The summed E-state index contributed by atoms with van der Waals surface area (Å²) in [7, 11) is 3.18. The Bertz CT molecular complexity index is 520. The predicted molar refractivity (Wildman–Crippen MR) is 79.3 cm³/mol. The third-order valence-corrected chi connectivity index (χ3v) is 3.48. The Labute approximate surface area is 124 Å². The van der Waals surface area contributed by atoms with Crippen molar-refractivity contribution in [3.05, 3.63) is 35.1 Å². The van der Waals surface area contributed by atoms with E-state index in [0.29, 0.717) is 0 Å². The summed E-state index contributed by atoms with van der Waals surface area (Å²) in [6.07, 6.45) is 0.236. The lowest BCUT2D eigenvalue weighted by molar-refractivity contribution is -0.121. The molecule has 1 aromatic rings. The molecule has 0 spiro atoms. The van der Waals surface area contributed by atoms with Crippen LogP contribution in [0, 0.1) is 12.7 Å². The van der Waals surface area contributed by atoms with Crippen molar-refractivity contribution in [2.45, 2.75) is 32.9 Å². The number of hydrogen-bond acceptors (Lipinski definition) is 2. The van der Waals surface area contributed by atoms with Crippen LogP contribution in [0.15, 0.2) is 18.2 Å². The molecule has 0 unspecified atom stereocenters.